The summed E-state index contributed by atoms with van der Waals surface area (Å²) in [6, 6.07) is 4.55. The first-order valence-corrected chi connectivity index (χ1v) is 8.17. The molecule has 1 rings (SSSR count). The molecule has 0 aliphatic carbocycles. The standard InChI is InChI=1S/C15H27N3S.HI/c1-5-13(6-2)11-17-15(16-7-3)18-12(4)14-9-8-10-19-14;/h8-10,12-13H,5-7,11H2,1-4H3,(H2,16,17,18);1H. The van der Waals surface area contributed by atoms with Gasteiger partial charge in [0, 0.05) is 18.0 Å². The molecule has 1 heterocycles. The van der Waals surface area contributed by atoms with Gasteiger partial charge in [0.05, 0.1) is 6.04 Å². The molecule has 0 amide bonds. The van der Waals surface area contributed by atoms with Crippen LogP contribution >= 0.6 is 35.3 Å². The molecule has 0 aliphatic heterocycles. The van der Waals surface area contributed by atoms with Crippen molar-refractivity contribution in [2.45, 2.75) is 46.6 Å². The molecule has 5 heteroatoms. The Labute approximate surface area is 144 Å². The van der Waals surface area contributed by atoms with Crippen LogP contribution in [-0.4, -0.2) is 19.0 Å². The molecule has 0 saturated carbocycles. The van der Waals surface area contributed by atoms with Gasteiger partial charge in [-0.3, -0.25) is 4.99 Å². The highest BCUT2D eigenvalue weighted by Crippen LogP contribution is 2.17. The SMILES string of the molecule is CCNC(=NCC(CC)CC)NC(C)c1cccs1.I. The summed E-state index contributed by atoms with van der Waals surface area (Å²) in [5, 5.41) is 8.91. The molecule has 0 bridgehead atoms. The first-order valence-electron chi connectivity index (χ1n) is 7.29. The highest BCUT2D eigenvalue weighted by atomic mass is 127. The Morgan fingerprint density at radius 2 is 2.00 bits per heavy atom. The average molecular weight is 409 g/mol. The van der Waals surface area contributed by atoms with Gasteiger partial charge in [0.15, 0.2) is 5.96 Å². The van der Waals surface area contributed by atoms with E-state index in [1.54, 1.807) is 11.3 Å². The van der Waals surface area contributed by atoms with Gasteiger partial charge in [-0.25, -0.2) is 0 Å². The van der Waals surface area contributed by atoms with Crippen molar-refractivity contribution in [3.05, 3.63) is 22.4 Å². The lowest BCUT2D eigenvalue weighted by Crippen LogP contribution is -2.38. The molecule has 1 unspecified atom stereocenters. The van der Waals surface area contributed by atoms with E-state index >= 15 is 0 Å². The number of thiophene rings is 1. The molecule has 20 heavy (non-hydrogen) atoms. The van der Waals surface area contributed by atoms with E-state index in [0.717, 1.165) is 19.0 Å². The van der Waals surface area contributed by atoms with E-state index in [9.17, 15) is 0 Å². The van der Waals surface area contributed by atoms with Crippen molar-refractivity contribution in [1.82, 2.24) is 10.6 Å². The van der Waals surface area contributed by atoms with E-state index in [2.05, 4.69) is 55.8 Å². The minimum atomic E-state index is 0. The predicted molar refractivity (Wildman–Crippen MR) is 101 cm³/mol. The lowest BCUT2D eigenvalue weighted by molar-refractivity contribution is 0.503. The second-order valence-electron chi connectivity index (χ2n) is 4.78. The van der Waals surface area contributed by atoms with Gasteiger partial charge < -0.3 is 10.6 Å². The molecule has 0 aliphatic rings. The van der Waals surface area contributed by atoms with Crippen LogP contribution < -0.4 is 10.6 Å². The normalized spacial score (nSPS) is 12.9. The highest BCUT2D eigenvalue weighted by Gasteiger charge is 2.09. The second-order valence-corrected chi connectivity index (χ2v) is 5.76. The zero-order valence-electron chi connectivity index (χ0n) is 13.0. The van der Waals surface area contributed by atoms with Gasteiger partial charge in [0.2, 0.25) is 0 Å². The van der Waals surface area contributed by atoms with Gasteiger partial charge in [-0.2, -0.15) is 0 Å². The number of aliphatic imine (C=N–C) groups is 1. The fourth-order valence-electron chi connectivity index (χ4n) is 1.90. The third-order valence-corrected chi connectivity index (χ3v) is 4.38. The van der Waals surface area contributed by atoms with E-state index < -0.39 is 0 Å². The van der Waals surface area contributed by atoms with Crippen LogP contribution in [0.15, 0.2) is 22.5 Å². The van der Waals surface area contributed by atoms with E-state index in [-0.39, 0.29) is 24.0 Å². The molecule has 1 aromatic rings. The quantitative estimate of drug-likeness (QED) is 0.398. The fourth-order valence-corrected chi connectivity index (χ4v) is 2.64. The van der Waals surface area contributed by atoms with Gasteiger partial charge >= 0.3 is 0 Å². The zero-order valence-corrected chi connectivity index (χ0v) is 16.1. The number of guanidine groups is 1. The third-order valence-electron chi connectivity index (χ3n) is 3.33. The summed E-state index contributed by atoms with van der Waals surface area (Å²) in [5.41, 5.74) is 0. The summed E-state index contributed by atoms with van der Waals surface area (Å²) in [6.45, 7) is 10.5. The maximum Gasteiger partial charge on any atom is 0.191 e. The lowest BCUT2D eigenvalue weighted by atomic mass is 10.0. The van der Waals surface area contributed by atoms with Crippen molar-refractivity contribution in [3.8, 4) is 0 Å². The summed E-state index contributed by atoms with van der Waals surface area (Å²) >= 11 is 1.78. The van der Waals surface area contributed by atoms with Crippen molar-refractivity contribution < 1.29 is 0 Å². The van der Waals surface area contributed by atoms with Crippen molar-refractivity contribution in [2.75, 3.05) is 13.1 Å². The summed E-state index contributed by atoms with van der Waals surface area (Å²) in [6.07, 6.45) is 2.39. The first-order chi connectivity index (χ1) is 9.21. The Kier molecular flexibility index (Phi) is 11.2. The molecule has 2 N–H and O–H groups in total. The van der Waals surface area contributed by atoms with Crippen LogP contribution in [0.25, 0.3) is 0 Å². The van der Waals surface area contributed by atoms with Crippen molar-refractivity contribution in [2.24, 2.45) is 10.9 Å². The van der Waals surface area contributed by atoms with E-state index in [1.807, 2.05) is 0 Å². The van der Waals surface area contributed by atoms with Crippen LogP contribution in [0.1, 0.15) is 51.5 Å². The van der Waals surface area contributed by atoms with Gasteiger partial charge in [0.25, 0.3) is 0 Å². The van der Waals surface area contributed by atoms with Gasteiger partial charge in [-0.1, -0.05) is 32.8 Å². The van der Waals surface area contributed by atoms with E-state index in [0.29, 0.717) is 12.0 Å². The molecule has 0 fully saturated rings. The Morgan fingerprint density at radius 1 is 1.30 bits per heavy atom. The molecule has 1 aromatic heterocycles. The summed E-state index contributed by atoms with van der Waals surface area (Å²) in [5.74, 6) is 1.61. The predicted octanol–water partition coefficient (Wildman–Crippen LogP) is 4.42. The molecular weight excluding hydrogens is 381 g/mol. The van der Waals surface area contributed by atoms with Gasteiger partial charge in [0.1, 0.15) is 0 Å². The number of halogens is 1. The summed E-state index contributed by atoms with van der Waals surface area (Å²) in [7, 11) is 0. The van der Waals surface area contributed by atoms with E-state index in [4.69, 9.17) is 4.99 Å². The Bertz CT molecular complexity index is 361. The molecular formula is C15H28IN3S. The highest BCUT2D eigenvalue weighted by molar-refractivity contribution is 14.0. The summed E-state index contributed by atoms with van der Waals surface area (Å²) < 4.78 is 0. The molecule has 3 nitrogen and oxygen atoms in total. The fraction of sp³-hybridized carbons (Fsp3) is 0.667. The topological polar surface area (TPSA) is 36.4 Å². The van der Waals surface area contributed by atoms with Crippen LogP contribution in [0, 0.1) is 5.92 Å². The third kappa shape index (κ3) is 6.92. The largest absolute Gasteiger partial charge is 0.357 e. The monoisotopic (exact) mass is 409 g/mol. The van der Waals surface area contributed by atoms with Crippen molar-refractivity contribution in [1.29, 1.82) is 0 Å². The second kappa shape index (κ2) is 11.4. The zero-order chi connectivity index (χ0) is 14.1. The molecule has 0 saturated heterocycles. The van der Waals surface area contributed by atoms with Crippen LogP contribution in [0.3, 0.4) is 0 Å². The maximum atomic E-state index is 4.70. The van der Waals surface area contributed by atoms with Crippen molar-refractivity contribution >= 4 is 41.3 Å². The van der Waals surface area contributed by atoms with Gasteiger partial charge in [-0.15, -0.1) is 35.3 Å². The van der Waals surface area contributed by atoms with Crippen LogP contribution in [0.4, 0.5) is 0 Å². The van der Waals surface area contributed by atoms with E-state index in [1.165, 1.54) is 17.7 Å². The van der Waals surface area contributed by atoms with Crippen molar-refractivity contribution in [3.63, 3.8) is 0 Å². The lowest BCUT2D eigenvalue weighted by Gasteiger charge is -2.18. The number of rotatable bonds is 7. The Hall–Kier alpha value is -0.300. The first kappa shape index (κ1) is 19.7. The number of hydrogen-bond acceptors (Lipinski definition) is 2. The van der Waals surface area contributed by atoms with Crippen LogP contribution in [0.2, 0.25) is 0 Å². The Morgan fingerprint density at radius 3 is 2.50 bits per heavy atom. The minimum Gasteiger partial charge on any atom is -0.357 e. The number of hydrogen-bond donors (Lipinski definition) is 2. The molecule has 1 atom stereocenters. The Balaban J connectivity index is 0.00000361. The average Bonchev–Trinajstić information content (AvgIpc) is 2.94. The summed E-state index contributed by atoms with van der Waals surface area (Å²) in [4.78, 5) is 6.05. The number of nitrogens with zero attached hydrogens (tertiary/aromatic N) is 1. The molecule has 0 radical (unpaired) electrons. The van der Waals surface area contributed by atoms with Crippen LogP contribution in [-0.2, 0) is 0 Å². The molecule has 0 aromatic carbocycles. The minimum absolute atomic E-state index is 0. The van der Waals surface area contributed by atoms with Crippen LogP contribution in [0.5, 0.6) is 0 Å². The molecule has 116 valence electrons. The molecule has 0 spiro atoms. The van der Waals surface area contributed by atoms with Gasteiger partial charge in [-0.05, 0) is 31.2 Å². The smallest absolute Gasteiger partial charge is 0.191 e. The maximum absolute atomic E-state index is 4.70. The number of nitrogens with one attached hydrogen (secondary N) is 2.